The van der Waals surface area contributed by atoms with Crippen molar-refractivity contribution in [1.82, 2.24) is 20.0 Å². The molecule has 2 aliphatic rings. The first-order valence-corrected chi connectivity index (χ1v) is 8.19. The van der Waals surface area contributed by atoms with Gasteiger partial charge in [0.05, 0.1) is 24.8 Å². The molecule has 1 aliphatic heterocycles. The van der Waals surface area contributed by atoms with Gasteiger partial charge < -0.3 is 14.5 Å². The second-order valence-electron chi connectivity index (χ2n) is 6.72. The van der Waals surface area contributed by atoms with Gasteiger partial charge in [0.15, 0.2) is 0 Å². The van der Waals surface area contributed by atoms with Crippen LogP contribution in [0, 0.1) is 12.8 Å². The number of hydrogen-bond donors (Lipinski definition) is 1. The molecule has 0 radical (unpaired) electrons. The Kier molecular flexibility index (Phi) is 4.78. The number of nitrogens with one attached hydrogen (secondary N) is 1. The fraction of sp³-hybridized carbons (Fsp3) is 0.750. The summed E-state index contributed by atoms with van der Waals surface area (Å²) in [5.41, 5.74) is 1.81. The Hall–Kier alpha value is -1.40. The largest absolute Gasteiger partial charge is 0.373 e. The molecule has 1 aromatic rings. The normalized spacial score (nSPS) is 22.3. The topological polar surface area (TPSA) is 61.5 Å². The predicted octanol–water partition coefficient (Wildman–Crippen LogP) is 0.830. The van der Waals surface area contributed by atoms with Gasteiger partial charge in [-0.05, 0) is 38.8 Å². The van der Waals surface area contributed by atoms with E-state index in [1.807, 2.05) is 17.9 Å². The molecule has 22 heavy (non-hydrogen) atoms. The van der Waals surface area contributed by atoms with E-state index in [1.54, 1.807) is 0 Å². The zero-order chi connectivity index (χ0) is 15.5. The number of ether oxygens (including phenoxy) is 1. The molecule has 0 spiro atoms. The Bertz CT molecular complexity index is 512. The van der Waals surface area contributed by atoms with Crippen molar-refractivity contribution in [3.63, 3.8) is 0 Å². The van der Waals surface area contributed by atoms with Gasteiger partial charge in [-0.25, -0.2) is 0 Å². The quantitative estimate of drug-likeness (QED) is 0.846. The number of amides is 1. The van der Waals surface area contributed by atoms with E-state index < -0.39 is 0 Å². The van der Waals surface area contributed by atoms with Crippen molar-refractivity contribution < 1.29 is 9.53 Å². The summed E-state index contributed by atoms with van der Waals surface area (Å²) in [6.45, 7) is 6.01. The molecule has 2 heterocycles. The maximum absolute atomic E-state index is 12.4. The van der Waals surface area contributed by atoms with E-state index in [0.717, 1.165) is 30.4 Å². The molecular weight excluding hydrogens is 280 g/mol. The van der Waals surface area contributed by atoms with E-state index >= 15 is 0 Å². The smallest absolute Gasteiger partial charge is 0.228 e. The van der Waals surface area contributed by atoms with E-state index in [0.29, 0.717) is 26.1 Å². The molecule has 6 nitrogen and oxygen atoms in total. The van der Waals surface area contributed by atoms with Crippen molar-refractivity contribution in [3.8, 4) is 0 Å². The Balaban J connectivity index is 1.47. The van der Waals surface area contributed by atoms with Gasteiger partial charge in [-0.3, -0.25) is 9.89 Å². The summed E-state index contributed by atoms with van der Waals surface area (Å²) in [5.74, 6) is 1.03. The molecule has 0 unspecified atom stereocenters. The average Bonchev–Trinajstić information content (AvgIpc) is 3.20. The van der Waals surface area contributed by atoms with Crippen molar-refractivity contribution in [1.29, 1.82) is 0 Å². The zero-order valence-electron chi connectivity index (χ0n) is 13.5. The van der Waals surface area contributed by atoms with Crippen LogP contribution in [0.15, 0.2) is 6.07 Å². The third-order valence-electron chi connectivity index (χ3n) is 4.36. The van der Waals surface area contributed by atoms with Crippen LogP contribution in [0.3, 0.4) is 0 Å². The summed E-state index contributed by atoms with van der Waals surface area (Å²) < 4.78 is 5.83. The maximum atomic E-state index is 12.4. The highest BCUT2D eigenvalue weighted by Gasteiger charge is 2.28. The van der Waals surface area contributed by atoms with Gasteiger partial charge in [0, 0.05) is 31.9 Å². The van der Waals surface area contributed by atoms with Crippen LogP contribution in [0.4, 0.5) is 0 Å². The van der Waals surface area contributed by atoms with Crippen molar-refractivity contribution in [2.45, 2.75) is 32.3 Å². The Morgan fingerprint density at radius 1 is 1.50 bits per heavy atom. The van der Waals surface area contributed by atoms with Gasteiger partial charge in [-0.15, -0.1) is 0 Å². The Morgan fingerprint density at radius 2 is 2.32 bits per heavy atom. The number of likely N-dealkylation sites (N-methyl/N-ethyl adjacent to an activating group) is 1. The molecule has 1 aromatic heterocycles. The van der Waals surface area contributed by atoms with Crippen LogP contribution in [-0.2, 0) is 16.0 Å². The fourth-order valence-electron chi connectivity index (χ4n) is 3.05. The van der Waals surface area contributed by atoms with E-state index in [4.69, 9.17) is 4.74 Å². The molecule has 2 fully saturated rings. The summed E-state index contributed by atoms with van der Waals surface area (Å²) in [7, 11) is 2.15. The lowest BCUT2D eigenvalue weighted by Gasteiger charge is -2.35. The van der Waals surface area contributed by atoms with Crippen LogP contribution in [0.25, 0.3) is 0 Å². The molecule has 1 amide bonds. The van der Waals surface area contributed by atoms with E-state index in [2.05, 4.69) is 22.1 Å². The number of carbonyl (C=O) groups excluding carboxylic acids is 1. The number of nitrogens with zero attached hydrogens (tertiary/aromatic N) is 3. The maximum Gasteiger partial charge on any atom is 0.228 e. The highest BCUT2D eigenvalue weighted by Crippen LogP contribution is 2.29. The van der Waals surface area contributed by atoms with Crippen LogP contribution in [0.2, 0.25) is 0 Å². The first-order valence-electron chi connectivity index (χ1n) is 8.19. The second kappa shape index (κ2) is 6.79. The van der Waals surface area contributed by atoms with Gasteiger partial charge >= 0.3 is 0 Å². The van der Waals surface area contributed by atoms with Crippen molar-refractivity contribution >= 4 is 5.91 Å². The molecule has 1 aliphatic carbocycles. The van der Waals surface area contributed by atoms with Crippen LogP contribution >= 0.6 is 0 Å². The molecule has 1 saturated carbocycles. The van der Waals surface area contributed by atoms with Gasteiger partial charge in [0.25, 0.3) is 0 Å². The molecule has 6 heteroatoms. The first kappa shape index (κ1) is 15.5. The summed E-state index contributed by atoms with van der Waals surface area (Å²) in [6, 6.07) is 1.93. The number of aromatic nitrogens is 2. The van der Waals surface area contributed by atoms with Crippen molar-refractivity contribution in [2.75, 3.05) is 39.8 Å². The highest BCUT2D eigenvalue weighted by atomic mass is 16.5. The lowest BCUT2D eigenvalue weighted by atomic mass is 10.2. The minimum atomic E-state index is 0.127. The number of rotatable bonds is 6. The molecule has 1 atom stereocenters. The van der Waals surface area contributed by atoms with Crippen molar-refractivity contribution in [3.05, 3.63) is 17.5 Å². The van der Waals surface area contributed by atoms with Crippen molar-refractivity contribution in [2.24, 2.45) is 5.92 Å². The van der Waals surface area contributed by atoms with Gasteiger partial charge in [-0.1, -0.05) is 0 Å². The fourth-order valence-corrected chi connectivity index (χ4v) is 3.05. The Labute approximate surface area is 131 Å². The number of morpholine rings is 1. The number of hydrogen-bond acceptors (Lipinski definition) is 4. The number of H-pyrrole nitrogens is 1. The van der Waals surface area contributed by atoms with Gasteiger partial charge in [0.2, 0.25) is 5.91 Å². The minimum Gasteiger partial charge on any atom is -0.373 e. The van der Waals surface area contributed by atoms with Gasteiger partial charge in [0.1, 0.15) is 0 Å². The number of aromatic amines is 1. The Morgan fingerprint density at radius 3 is 3.00 bits per heavy atom. The van der Waals surface area contributed by atoms with Crippen LogP contribution < -0.4 is 0 Å². The summed E-state index contributed by atoms with van der Waals surface area (Å²) in [6.07, 6.45) is 3.23. The lowest BCUT2D eigenvalue weighted by Crippen LogP contribution is -2.49. The van der Waals surface area contributed by atoms with E-state index in [9.17, 15) is 4.79 Å². The predicted molar refractivity (Wildman–Crippen MR) is 83.6 cm³/mol. The lowest BCUT2D eigenvalue weighted by molar-refractivity contribution is -0.138. The summed E-state index contributed by atoms with van der Waals surface area (Å²) in [5, 5.41) is 7.03. The van der Waals surface area contributed by atoms with Gasteiger partial charge in [-0.2, -0.15) is 5.10 Å². The number of carbonyl (C=O) groups is 1. The van der Waals surface area contributed by atoms with Crippen LogP contribution in [0.5, 0.6) is 0 Å². The number of aryl methyl sites for hydroxylation is 1. The van der Waals surface area contributed by atoms with Crippen LogP contribution in [0.1, 0.15) is 24.2 Å². The SMILES string of the molecule is Cc1cc(CC(=O)N2CCO[C@@H](CN(C)CC3CC3)C2)n[nH]1. The monoisotopic (exact) mass is 306 g/mol. The molecule has 1 N–H and O–H groups in total. The highest BCUT2D eigenvalue weighted by molar-refractivity contribution is 5.78. The minimum absolute atomic E-state index is 0.127. The third-order valence-corrected chi connectivity index (χ3v) is 4.36. The molecule has 3 rings (SSSR count). The molecule has 0 aromatic carbocycles. The third kappa shape index (κ3) is 4.30. The summed E-state index contributed by atoms with van der Waals surface area (Å²) >= 11 is 0. The van der Waals surface area contributed by atoms with Crippen LogP contribution in [-0.4, -0.2) is 71.8 Å². The molecule has 122 valence electrons. The van der Waals surface area contributed by atoms with E-state index in [1.165, 1.54) is 12.8 Å². The molecular formula is C16H26N4O2. The van der Waals surface area contributed by atoms with E-state index in [-0.39, 0.29) is 12.0 Å². The molecule has 0 bridgehead atoms. The standard InChI is InChI=1S/C16H26N4O2/c1-12-7-14(18-17-12)8-16(21)20-5-6-22-15(11-20)10-19(2)9-13-3-4-13/h7,13,15H,3-6,8-11H2,1-2H3,(H,17,18)/t15-/m0/s1. The second-order valence-corrected chi connectivity index (χ2v) is 6.72. The molecule has 1 saturated heterocycles. The zero-order valence-corrected chi connectivity index (χ0v) is 13.5. The first-order chi connectivity index (χ1) is 10.6. The average molecular weight is 306 g/mol. The summed E-state index contributed by atoms with van der Waals surface area (Å²) in [4.78, 5) is 16.7.